The van der Waals surface area contributed by atoms with Crippen molar-refractivity contribution in [1.29, 1.82) is 0 Å². The van der Waals surface area contributed by atoms with Gasteiger partial charge in [0.05, 0.1) is 5.41 Å². The summed E-state index contributed by atoms with van der Waals surface area (Å²) in [4.78, 5) is 24.1. The van der Waals surface area contributed by atoms with Gasteiger partial charge in [0.2, 0.25) is 0 Å². The molecular formula is C12H18O2. The molecule has 2 atom stereocenters. The lowest BCUT2D eigenvalue weighted by Crippen LogP contribution is -2.33. The van der Waals surface area contributed by atoms with E-state index in [1.165, 1.54) is 0 Å². The maximum Gasteiger partial charge on any atom is 0.152 e. The van der Waals surface area contributed by atoms with Gasteiger partial charge in [0.15, 0.2) is 5.78 Å². The molecule has 0 bridgehead atoms. The second kappa shape index (κ2) is 2.68. The Labute approximate surface area is 85.1 Å². The largest absolute Gasteiger partial charge is 0.299 e. The van der Waals surface area contributed by atoms with Gasteiger partial charge in [-0.05, 0) is 25.2 Å². The first-order valence-corrected chi connectivity index (χ1v) is 5.47. The first-order valence-electron chi connectivity index (χ1n) is 5.47. The summed E-state index contributed by atoms with van der Waals surface area (Å²) < 4.78 is 0. The minimum absolute atomic E-state index is 0.205. The molecule has 2 nitrogen and oxygen atoms in total. The fourth-order valence-electron chi connectivity index (χ4n) is 3.18. The van der Waals surface area contributed by atoms with Crippen molar-refractivity contribution in [3.63, 3.8) is 0 Å². The van der Waals surface area contributed by atoms with Crippen molar-refractivity contribution in [2.45, 2.75) is 46.5 Å². The van der Waals surface area contributed by atoms with E-state index in [2.05, 4.69) is 6.92 Å². The fraction of sp³-hybridized carbons (Fsp3) is 0.833. The first-order chi connectivity index (χ1) is 6.38. The monoisotopic (exact) mass is 194 g/mol. The van der Waals surface area contributed by atoms with Gasteiger partial charge in [0.25, 0.3) is 0 Å². The van der Waals surface area contributed by atoms with Crippen LogP contribution in [0.4, 0.5) is 0 Å². The van der Waals surface area contributed by atoms with Crippen LogP contribution in [0.25, 0.3) is 0 Å². The van der Waals surface area contributed by atoms with Gasteiger partial charge >= 0.3 is 0 Å². The van der Waals surface area contributed by atoms with Gasteiger partial charge < -0.3 is 0 Å². The van der Waals surface area contributed by atoms with Crippen molar-refractivity contribution < 1.29 is 9.59 Å². The van der Waals surface area contributed by atoms with E-state index in [-0.39, 0.29) is 11.6 Å². The second-order valence-electron chi connectivity index (χ2n) is 5.74. The van der Waals surface area contributed by atoms with Crippen LogP contribution in [0.5, 0.6) is 0 Å². The maximum absolute atomic E-state index is 12.2. The molecule has 0 aromatic heterocycles. The van der Waals surface area contributed by atoms with Crippen LogP contribution in [0.1, 0.15) is 46.5 Å². The highest BCUT2D eigenvalue weighted by atomic mass is 16.2. The quantitative estimate of drug-likeness (QED) is 0.555. The van der Waals surface area contributed by atoms with Crippen LogP contribution in [0.2, 0.25) is 0 Å². The summed E-state index contributed by atoms with van der Waals surface area (Å²) >= 11 is 0. The molecule has 0 aliphatic heterocycles. The summed E-state index contributed by atoms with van der Waals surface area (Å²) in [5.74, 6) is 0.952. The highest BCUT2D eigenvalue weighted by Gasteiger charge is 2.59. The normalized spacial score (nSPS) is 41.2. The van der Waals surface area contributed by atoms with Crippen molar-refractivity contribution in [3.8, 4) is 0 Å². The third-order valence-electron chi connectivity index (χ3n) is 3.95. The molecule has 0 radical (unpaired) electrons. The van der Waals surface area contributed by atoms with E-state index in [4.69, 9.17) is 0 Å². The van der Waals surface area contributed by atoms with Crippen LogP contribution in [0.3, 0.4) is 0 Å². The molecule has 2 aliphatic rings. The second-order valence-corrected chi connectivity index (χ2v) is 5.74. The molecule has 78 valence electrons. The van der Waals surface area contributed by atoms with Crippen molar-refractivity contribution in [2.24, 2.45) is 16.7 Å². The Bertz CT molecular complexity index is 303. The van der Waals surface area contributed by atoms with E-state index >= 15 is 0 Å². The Kier molecular flexibility index (Phi) is 1.89. The molecule has 2 unspecified atom stereocenters. The van der Waals surface area contributed by atoms with Crippen LogP contribution in [0.15, 0.2) is 0 Å². The van der Waals surface area contributed by atoms with E-state index in [1.54, 1.807) is 0 Å². The molecule has 0 N–H and O–H groups in total. The lowest BCUT2D eigenvalue weighted by atomic mass is 9.78. The lowest BCUT2D eigenvalue weighted by molar-refractivity contribution is -0.137. The summed E-state index contributed by atoms with van der Waals surface area (Å²) in [7, 11) is 0. The van der Waals surface area contributed by atoms with Crippen LogP contribution in [0, 0.1) is 16.7 Å². The molecule has 2 fully saturated rings. The number of rotatable bonds is 0. The molecular weight excluding hydrogens is 176 g/mol. The number of hydrogen-bond acceptors (Lipinski definition) is 2. The van der Waals surface area contributed by atoms with Gasteiger partial charge in [-0.2, -0.15) is 0 Å². The molecule has 2 heteroatoms. The van der Waals surface area contributed by atoms with Crippen molar-refractivity contribution >= 4 is 11.6 Å². The predicted molar refractivity (Wildman–Crippen MR) is 53.9 cm³/mol. The van der Waals surface area contributed by atoms with Crippen LogP contribution >= 0.6 is 0 Å². The Morgan fingerprint density at radius 2 is 1.93 bits per heavy atom. The molecule has 2 aliphatic carbocycles. The average Bonchev–Trinajstić information content (AvgIpc) is 2.52. The molecule has 0 heterocycles. The summed E-state index contributed by atoms with van der Waals surface area (Å²) in [5, 5.41) is 0. The van der Waals surface area contributed by atoms with Crippen molar-refractivity contribution in [1.82, 2.24) is 0 Å². The van der Waals surface area contributed by atoms with E-state index in [0.29, 0.717) is 12.3 Å². The molecule has 1 spiro atoms. The van der Waals surface area contributed by atoms with Crippen LogP contribution in [-0.4, -0.2) is 11.6 Å². The van der Waals surface area contributed by atoms with Gasteiger partial charge in [0.1, 0.15) is 5.78 Å². The standard InChI is InChI=1S/C12H18O2/c1-8-4-5-12(6-8)9(13)7-11(2,3)10(12)14/h8H,4-7H2,1-3H3. The van der Waals surface area contributed by atoms with Gasteiger partial charge in [-0.15, -0.1) is 0 Å². The molecule has 0 saturated heterocycles. The average molecular weight is 194 g/mol. The Hall–Kier alpha value is -0.660. The SMILES string of the molecule is CC1CCC2(C1)C(=O)CC(C)(C)C2=O. The third-order valence-corrected chi connectivity index (χ3v) is 3.95. The molecule has 2 rings (SSSR count). The Morgan fingerprint density at radius 3 is 2.29 bits per heavy atom. The van der Waals surface area contributed by atoms with Crippen LogP contribution < -0.4 is 0 Å². The minimum atomic E-state index is -0.567. The fourth-order valence-corrected chi connectivity index (χ4v) is 3.18. The zero-order chi connectivity index (χ0) is 10.6. The van der Waals surface area contributed by atoms with E-state index in [0.717, 1.165) is 19.3 Å². The van der Waals surface area contributed by atoms with Gasteiger partial charge in [-0.25, -0.2) is 0 Å². The van der Waals surface area contributed by atoms with Gasteiger partial charge in [-0.3, -0.25) is 9.59 Å². The highest BCUT2D eigenvalue weighted by molar-refractivity contribution is 6.15. The highest BCUT2D eigenvalue weighted by Crippen LogP contribution is 2.53. The lowest BCUT2D eigenvalue weighted by Gasteiger charge is -2.22. The molecule has 2 saturated carbocycles. The third kappa shape index (κ3) is 1.09. The summed E-state index contributed by atoms with van der Waals surface area (Å²) in [5.41, 5.74) is -0.968. The van der Waals surface area contributed by atoms with E-state index < -0.39 is 10.8 Å². The number of hydrogen-bond donors (Lipinski definition) is 0. The summed E-state index contributed by atoms with van der Waals surface area (Å²) in [6.45, 7) is 5.95. The number of ketones is 2. The zero-order valence-electron chi connectivity index (χ0n) is 9.22. The zero-order valence-corrected chi connectivity index (χ0v) is 9.22. The molecule has 0 amide bonds. The minimum Gasteiger partial charge on any atom is -0.299 e. The predicted octanol–water partition coefficient (Wildman–Crippen LogP) is 2.36. The van der Waals surface area contributed by atoms with Crippen LogP contribution in [-0.2, 0) is 9.59 Å². The Balaban J connectivity index is 2.37. The van der Waals surface area contributed by atoms with Gasteiger partial charge in [0, 0.05) is 11.8 Å². The first kappa shape index (κ1) is 9.88. The number of Topliss-reactive ketones (excluding diaryl/α,β-unsaturated/α-hetero) is 2. The van der Waals surface area contributed by atoms with E-state index in [9.17, 15) is 9.59 Å². The summed E-state index contributed by atoms with van der Waals surface area (Å²) in [6, 6.07) is 0. The van der Waals surface area contributed by atoms with Crippen molar-refractivity contribution in [2.75, 3.05) is 0 Å². The number of carbonyl (C=O) groups excluding carboxylic acids is 2. The molecule has 0 aromatic rings. The topological polar surface area (TPSA) is 34.1 Å². The smallest absolute Gasteiger partial charge is 0.152 e. The molecule has 14 heavy (non-hydrogen) atoms. The van der Waals surface area contributed by atoms with Crippen molar-refractivity contribution in [3.05, 3.63) is 0 Å². The number of carbonyl (C=O) groups is 2. The maximum atomic E-state index is 12.2. The van der Waals surface area contributed by atoms with Gasteiger partial charge in [-0.1, -0.05) is 20.8 Å². The van der Waals surface area contributed by atoms with E-state index in [1.807, 2.05) is 13.8 Å². The molecule has 0 aromatic carbocycles. The summed E-state index contributed by atoms with van der Waals surface area (Å²) in [6.07, 6.45) is 3.09. The Morgan fingerprint density at radius 1 is 1.29 bits per heavy atom.